The van der Waals surface area contributed by atoms with E-state index in [1.807, 2.05) is 91.8 Å². The first-order valence-electron chi connectivity index (χ1n) is 14.1. The van der Waals surface area contributed by atoms with Crippen LogP contribution in [0.5, 0.6) is 0 Å². The molecule has 0 radical (unpaired) electrons. The molecule has 11 heteroatoms. The first-order chi connectivity index (χ1) is 19.1. The monoisotopic (exact) mass is 589 g/mol. The van der Waals surface area contributed by atoms with Crippen molar-refractivity contribution in [2.45, 2.75) is 86.0 Å². The van der Waals surface area contributed by atoms with Crippen LogP contribution in [0.1, 0.15) is 68.2 Å². The van der Waals surface area contributed by atoms with Crippen molar-refractivity contribution in [3.05, 3.63) is 36.4 Å². The van der Waals surface area contributed by atoms with Gasteiger partial charge in [-0.25, -0.2) is 9.59 Å². The van der Waals surface area contributed by atoms with Crippen LogP contribution in [-0.4, -0.2) is 47.3 Å². The van der Waals surface area contributed by atoms with E-state index in [9.17, 15) is 14.2 Å². The third kappa shape index (κ3) is 9.48. The average molecular weight is 590 g/mol. The summed E-state index contributed by atoms with van der Waals surface area (Å²) in [6.07, 6.45) is 0.676. The maximum atomic E-state index is 12.9. The van der Waals surface area contributed by atoms with Crippen molar-refractivity contribution in [2.24, 2.45) is 0 Å². The lowest BCUT2D eigenvalue weighted by Crippen LogP contribution is -2.27. The number of ether oxygens (including phenoxy) is 2. The first-order valence-corrected chi connectivity index (χ1v) is 15.8. The second-order valence-electron chi connectivity index (χ2n) is 11.7. The number of nitrogens with zero attached hydrogens (tertiary/aromatic N) is 1. The molecule has 0 atom stereocenters. The Morgan fingerprint density at radius 2 is 1.20 bits per heavy atom. The highest BCUT2D eigenvalue weighted by Gasteiger charge is 2.23. The fraction of sp³-hybridized carbons (Fsp3) is 0.533. The second-order valence-corrected chi connectivity index (χ2v) is 13.9. The quantitative estimate of drug-likeness (QED) is 0.170. The predicted molar refractivity (Wildman–Crippen MR) is 164 cm³/mol. The van der Waals surface area contributed by atoms with E-state index in [1.165, 1.54) is 0 Å². The van der Waals surface area contributed by atoms with Gasteiger partial charge >= 0.3 is 19.8 Å². The zero-order chi connectivity index (χ0) is 30.4. The first kappa shape index (κ1) is 32.4. The van der Waals surface area contributed by atoms with Crippen molar-refractivity contribution in [1.82, 2.24) is 4.57 Å². The minimum atomic E-state index is -3.11. The Hall–Kier alpha value is -3.07. The predicted octanol–water partition coefficient (Wildman–Crippen LogP) is 8.53. The number of nitrogens with one attached hydrogen (secondary N) is 2. The van der Waals surface area contributed by atoms with Gasteiger partial charge in [0.25, 0.3) is 0 Å². The molecule has 41 heavy (non-hydrogen) atoms. The molecule has 2 aromatic carbocycles. The molecule has 0 aliphatic carbocycles. The number of benzene rings is 2. The summed E-state index contributed by atoms with van der Waals surface area (Å²) in [5, 5.41) is 7.42. The SMILES string of the molecule is CCOP(=O)(CCCCn1c2ccc(NC(=O)OC(C)(C)C)cc2c2cc(NC(=O)OC(C)(C)C)ccc21)OCC. The standard InChI is InChI=1S/C30H44N3O7P/c1-9-37-41(36,38-10-2)18-12-11-17-33-25-15-13-21(31-27(34)39-29(3,4)5)19-23(25)24-20-22(14-16-26(24)33)32-28(35)40-30(6,7)8/h13-16,19-20H,9-12,17-18H2,1-8H3,(H,31,34)(H,32,35). The molecular weight excluding hydrogens is 545 g/mol. The van der Waals surface area contributed by atoms with Gasteiger partial charge in [0.1, 0.15) is 11.2 Å². The topological polar surface area (TPSA) is 117 Å². The van der Waals surface area contributed by atoms with Crippen LogP contribution in [0.3, 0.4) is 0 Å². The van der Waals surface area contributed by atoms with Crippen LogP contribution in [0, 0.1) is 0 Å². The van der Waals surface area contributed by atoms with E-state index in [2.05, 4.69) is 15.2 Å². The molecule has 0 spiro atoms. The van der Waals surface area contributed by atoms with Gasteiger partial charge < -0.3 is 23.1 Å². The highest BCUT2D eigenvalue weighted by atomic mass is 31.2. The fourth-order valence-electron chi connectivity index (χ4n) is 4.48. The van der Waals surface area contributed by atoms with E-state index in [0.717, 1.165) is 28.2 Å². The maximum absolute atomic E-state index is 12.9. The molecule has 0 saturated heterocycles. The minimum absolute atomic E-state index is 0.337. The van der Waals surface area contributed by atoms with Crippen LogP contribution in [0.25, 0.3) is 21.8 Å². The molecular formula is C30H44N3O7P. The second kappa shape index (κ2) is 13.3. The number of anilines is 2. The number of aromatic nitrogens is 1. The van der Waals surface area contributed by atoms with Crippen molar-refractivity contribution in [2.75, 3.05) is 30.0 Å². The van der Waals surface area contributed by atoms with E-state index in [1.54, 1.807) is 0 Å². The molecule has 3 aromatic rings. The van der Waals surface area contributed by atoms with Crippen molar-refractivity contribution in [3.8, 4) is 0 Å². The molecule has 0 unspecified atom stereocenters. The van der Waals surface area contributed by atoms with Crippen LogP contribution in [0.15, 0.2) is 36.4 Å². The Morgan fingerprint density at radius 1 is 0.756 bits per heavy atom. The van der Waals surface area contributed by atoms with Gasteiger partial charge in [-0.3, -0.25) is 15.2 Å². The summed E-state index contributed by atoms with van der Waals surface area (Å²) < 4.78 is 36.8. The van der Waals surface area contributed by atoms with Crippen LogP contribution in [0.4, 0.5) is 21.0 Å². The van der Waals surface area contributed by atoms with E-state index in [-0.39, 0.29) is 0 Å². The molecule has 10 nitrogen and oxygen atoms in total. The Labute approximate surface area is 242 Å². The summed E-state index contributed by atoms with van der Waals surface area (Å²) in [6.45, 7) is 15.8. The fourth-order valence-corrected chi connectivity index (χ4v) is 6.21. The summed E-state index contributed by atoms with van der Waals surface area (Å²) in [4.78, 5) is 24.9. The molecule has 0 fully saturated rings. The van der Waals surface area contributed by atoms with Gasteiger partial charge in [0.2, 0.25) is 0 Å². The van der Waals surface area contributed by atoms with Crippen LogP contribution in [0.2, 0.25) is 0 Å². The molecule has 0 bridgehead atoms. The molecule has 0 aliphatic heterocycles. The summed E-state index contributed by atoms with van der Waals surface area (Å²) in [6, 6.07) is 11.4. The van der Waals surface area contributed by atoms with Gasteiger partial charge in [0.05, 0.1) is 19.4 Å². The normalized spacial score (nSPS) is 12.5. The minimum Gasteiger partial charge on any atom is -0.444 e. The molecule has 1 heterocycles. The Bertz CT molecular complexity index is 1320. The van der Waals surface area contributed by atoms with Crippen molar-refractivity contribution < 1.29 is 32.7 Å². The highest BCUT2D eigenvalue weighted by molar-refractivity contribution is 7.53. The van der Waals surface area contributed by atoms with Gasteiger partial charge in [-0.15, -0.1) is 0 Å². The molecule has 0 saturated carbocycles. The van der Waals surface area contributed by atoms with Gasteiger partial charge in [-0.05, 0) is 105 Å². The van der Waals surface area contributed by atoms with Gasteiger partial charge in [-0.1, -0.05) is 0 Å². The van der Waals surface area contributed by atoms with Gasteiger partial charge in [0, 0.05) is 39.7 Å². The number of aryl methyl sites for hydroxylation is 1. The lowest BCUT2D eigenvalue weighted by molar-refractivity contribution is 0.0624. The zero-order valence-electron chi connectivity index (χ0n) is 25.5. The summed E-state index contributed by atoms with van der Waals surface area (Å²) in [7, 11) is -3.11. The largest absolute Gasteiger partial charge is 0.444 e. The van der Waals surface area contributed by atoms with Crippen molar-refractivity contribution in [3.63, 3.8) is 0 Å². The van der Waals surface area contributed by atoms with Crippen molar-refractivity contribution >= 4 is 53.0 Å². The van der Waals surface area contributed by atoms with E-state index >= 15 is 0 Å². The smallest absolute Gasteiger partial charge is 0.412 e. The molecule has 226 valence electrons. The van der Waals surface area contributed by atoms with E-state index < -0.39 is 31.0 Å². The Kier molecular flexibility index (Phi) is 10.5. The summed E-state index contributed by atoms with van der Waals surface area (Å²) >= 11 is 0. The number of unbranched alkanes of at least 4 members (excludes halogenated alkanes) is 1. The van der Waals surface area contributed by atoms with Gasteiger partial charge in [-0.2, -0.15) is 0 Å². The van der Waals surface area contributed by atoms with Crippen LogP contribution in [-0.2, 0) is 29.6 Å². The van der Waals surface area contributed by atoms with E-state index in [0.29, 0.717) is 43.7 Å². The average Bonchev–Trinajstić information content (AvgIpc) is 3.12. The summed E-state index contributed by atoms with van der Waals surface area (Å²) in [5.74, 6) is 0. The zero-order valence-corrected chi connectivity index (χ0v) is 26.4. The van der Waals surface area contributed by atoms with Crippen LogP contribution >= 0.6 is 7.60 Å². The number of carbonyl (C=O) groups is 2. The molecule has 1 aromatic heterocycles. The molecule has 2 amide bonds. The lowest BCUT2D eigenvalue weighted by Gasteiger charge is -2.19. The summed E-state index contributed by atoms with van der Waals surface area (Å²) in [5.41, 5.74) is 1.85. The highest BCUT2D eigenvalue weighted by Crippen LogP contribution is 2.48. The number of carbonyl (C=O) groups excluding carboxylic acids is 2. The van der Waals surface area contributed by atoms with Crippen LogP contribution < -0.4 is 10.6 Å². The molecule has 3 rings (SSSR count). The molecule has 2 N–H and O–H groups in total. The van der Waals surface area contributed by atoms with Gasteiger partial charge in [0.15, 0.2) is 0 Å². The maximum Gasteiger partial charge on any atom is 0.412 e. The number of hydrogen-bond donors (Lipinski definition) is 2. The number of amides is 2. The molecule has 0 aliphatic rings. The van der Waals surface area contributed by atoms with Crippen molar-refractivity contribution in [1.29, 1.82) is 0 Å². The third-order valence-electron chi connectivity index (χ3n) is 5.87. The number of fused-ring (bicyclic) bond motifs is 3. The lowest BCUT2D eigenvalue weighted by atomic mass is 10.1. The Balaban J connectivity index is 1.93. The number of rotatable bonds is 11. The number of hydrogen-bond acceptors (Lipinski definition) is 7. The third-order valence-corrected chi connectivity index (χ3v) is 8.04. The van der Waals surface area contributed by atoms with E-state index in [4.69, 9.17) is 18.5 Å². The Morgan fingerprint density at radius 3 is 1.59 bits per heavy atom.